The molecule has 2 atom stereocenters. The van der Waals surface area contributed by atoms with Crippen LogP contribution < -0.4 is 0 Å². The lowest BCUT2D eigenvalue weighted by molar-refractivity contribution is -0.188. The molecule has 0 aromatic rings. The average Bonchev–Trinajstić information content (AvgIpc) is 2.95. The summed E-state index contributed by atoms with van der Waals surface area (Å²) in [6.07, 6.45) is 0.0680. The van der Waals surface area contributed by atoms with Crippen LogP contribution in [0.2, 0.25) is 0 Å². The van der Waals surface area contributed by atoms with Gasteiger partial charge in [0, 0.05) is 11.8 Å². The zero-order valence-electron chi connectivity index (χ0n) is 12.5. The van der Waals surface area contributed by atoms with E-state index in [4.69, 9.17) is 23.8 Å². The second kappa shape index (κ2) is 4.94. The lowest BCUT2D eigenvalue weighted by atomic mass is 9.95. The molecule has 20 heavy (non-hydrogen) atoms. The quantitative estimate of drug-likeness (QED) is 0.772. The van der Waals surface area contributed by atoms with E-state index in [9.17, 15) is 0 Å². The molecule has 2 fully saturated rings. The van der Waals surface area contributed by atoms with Crippen molar-refractivity contribution in [2.24, 2.45) is 10.6 Å². The van der Waals surface area contributed by atoms with E-state index in [1.807, 2.05) is 13.8 Å². The molecule has 0 bridgehead atoms. The van der Waals surface area contributed by atoms with Crippen LogP contribution in [0.1, 0.15) is 34.1 Å². The normalized spacial score (nSPS) is 36.7. The first-order valence-corrected chi connectivity index (χ1v) is 7.12. The Morgan fingerprint density at radius 1 is 1.05 bits per heavy atom. The fraction of sp³-hybridized carbons (Fsp3) is 0.929. The smallest absolute Gasteiger partial charge is 0.200 e. The largest absolute Gasteiger partial charge is 0.389 e. The third kappa shape index (κ3) is 2.98. The number of rotatable bonds is 2. The predicted molar refractivity (Wildman–Crippen MR) is 71.3 cm³/mol. The summed E-state index contributed by atoms with van der Waals surface area (Å²) in [5.41, 5.74) is 0.862. The van der Waals surface area contributed by atoms with Crippen molar-refractivity contribution >= 4 is 5.71 Å². The summed E-state index contributed by atoms with van der Waals surface area (Å²) < 4.78 is 22.8. The topological polar surface area (TPSA) is 58.5 Å². The minimum Gasteiger partial charge on any atom is -0.389 e. The lowest BCUT2D eigenvalue weighted by Gasteiger charge is -2.34. The second-order valence-corrected chi connectivity index (χ2v) is 6.92. The molecule has 3 rings (SSSR count). The zero-order valence-corrected chi connectivity index (χ0v) is 12.5. The Kier molecular flexibility index (Phi) is 3.52. The summed E-state index contributed by atoms with van der Waals surface area (Å²) in [5, 5.41) is 4.11. The van der Waals surface area contributed by atoms with Gasteiger partial charge in [0.05, 0.1) is 19.8 Å². The van der Waals surface area contributed by atoms with E-state index >= 15 is 0 Å². The molecule has 0 saturated carbocycles. The van der Waals surface area contributed by atoms with Gasteiger partial charge in [-0.15, -0.1) is 0 Å². The van der Waals surface area contributed by atoms with E-state index in [0.717, 1.165) is 5.71 Å². The summed E-state index contributed by atoms with van der Waals surface area (Å²) in [4.78, 5) is 5.47. The molecule has 2 saturated heterocycles. The minimum atomic E-state index is -0.543. The van der Waals surface area contributed by atoms with Gasteiger partial charge in [-0.25, -0.2) is 0 Å². The standard InChI is InChI=1S/C14H23NO5/c1-13(2)7-16-12(17-8-13)9-5-10(20-15-9)11-6-18-14(3,4)19-11/h10-12H,5-8H2,1-4H3/t10-,11+/m0/s1. The molecule has 3 aliphatic heterocycles. The van der Waals surface area contributed by atoms with E-state index in [-0.39, 0.29) is 23.9 Å². The molecule has 114 valence electrons. The van der Waals surface area contributed by atoms with Crippen molar-refractivity contribution in [3.8, 4) is 0 Å². The fourth-order valence-electron chi connectivity index (χ4n) is 2.54. The maximum atomic E-state index is 5.80. The first-order chi connectivity index (χ1) is 9.35. The van der Waals surface area contributed by atoms with Gasteiger partial charge in [0.2, 0.25) is 6.29 Å². The SMILES string of the molecule is CC1(C)COC(C2=NO[C@H]([C@H]3COC(C)(C)O3)C2)OC1. The van der Waals surface area contributed by atoms with E-state index in [1.165, 1.54) is 0 Å². The number of ether oxygens (including phenoxy) is 4. The number of nitrogens with zero attached hydrogens (tertiary/aromatic N) is 1. The van der Waals surface area contributed by atoms with Crippen LogP contribution in [0.25, 0.3) is 0 Å². The summed E-state index contributed by atoms with van der Waals surface area (Å²) >= 11 is 0. The van der Waals surface area contributed by atoms with Crippen molar-refractivity contribution in [1.82, 2.24) is 0 Å². The molecule has 0 radical (unpaired) electrons. The summed E-state index contributed by atoms with van der Waals surface area (Å²) in [5.74, 6) is -0.543. The van der Waals surface area contributed by atoms with Gasteiger partial charge in [0.1, 0.15) is 11.8 Å². The predicted octanol–water partition coefficient (Wildman–Crippen LogP) is 1.68. The molecular weight excluding hydrogens is 262 g/mol. The van der Waals surface area contributed by atoms with E-state index in [2.05, 4.69) is 19.0 Å². The van der Waals surface area contributed by atoms with Crippen molar-refractivity contribution in [3.05, 3.63) is 0 Å². The third-order valence-electron chi connectivity index (χ3n) is 3.68. The Morgan fingerprint density at radius 2 is 1.75 bits per heavy atom. The Labute approximate surface area is 119 Å². The van der Waals surface area contributed by atoms with Crippen LogP contribution in [0.15, 0.2) is 5.16 Å². The van der Waals surface area contributed by atoms with Gasteiger partial charge in [-0.3, -0.25) is 0 Å². The number of hydrogen-bond acceptors (Lipinski definition) is 6. The minimum absolute atomic E-state index is 0.0579. The number of oxime groups is 1. The third-order valence-corrected chi connectivity index (χ3v) is 3.68. The maximum absolute atomic E-state index is 5.80. The van der Waals surface area contributed by atoms with Crippen molar-refractivity contribution in [2.75, 3.05) is 19.8 Å². The van der Waals surface area contributed by atoms with Gasteiger partial charge in [-0.05, 0) is 13.8 Å². The molecule has 0 amide bonds. The highest BCUT2D eigenvalue weighted by molar-refractivity contribution is 5.88. The molecule has 0 aliphatic carbocycles. The number of hydrogen-bond donors (Lipinski definition) is 0. The Bertz CT molecular complexity index is 396. The molecule has 3 aliphatic rings. The molecule has 0 unspecified atom stereocenters. The van der Waals surface area contributed by atoms with Crippen molar-refractivity contribution in [1.29, 1.82) is 0 Å². The van der Waals surface area contributed by atoms with E-state index < -0.39 is 5.79 Å². The van der Waals surface area contributed by atoms with Crippen LogP contribution in [0.3, 0.4) is 0 Å². The van der Waals surface area contributed by atoms with Crippen LogP contribution in [-0.4, -0.2) is 49.8 Å². The molecule has 0 aromatic carbocycles. The highest BCUT2D eigenvalue weighted by Gasteiger charge is 2.43. The highest BCUT2D eigenvalue weighted by atomic mass is 16.8. The Morgan fingerprint density at radius 3 is 2.35 bits per heavy atom. The van der Waals surface area contributed by atoms with Crippen molar-refractivity contribution in [2.45, 2.75) is 58.4 Å². The van der Waals surface area contributed by atoms with Gasteiger partial charge in [0.25, 0.3) is 0 Å². The van der Waals surface area contributed by atoms with Gasteiger partial charge >= 0.3 is 0 Å². The molecule has 6 heteroatoms. The van der Waals surface area contributed by atoms with Crippen LogP contribution in [0, 0.1) is 5.41 Å². The molecule has 0 N–H and O–H groups in total. The monoisotopic (exact) mass is 285 g/mol. The zero-order chi connectivity index (χ0) is 14.4. The van der Waals surface area contributed by atoms with Crippen molar-refractivity contribution < 1.29 is 23.8 Å². The molecule has 0 spiro atoms. The molecular formula is C14H23NO5. The molecule has 0 aromatic heterocycles. The summed E-state index contributed by atoms with van der Waals surface area (Å²) in [7, 11) is 0. The average molecular weight is 285 g/mol. The second-order valence-electron chi connectivity index (χ2n) is 6.92. The Balaban J connectivity index is 1.52. The first kappa shape index (κ1) is 14.3. The van der Waals surface area contributed by atoms with Crippen molar-refractivity contribution in [3.63, 3.8) is 0 Å². The molecule has 6 nitrogen and oxygen atoms in total. The maximum Gasteiger partial charge on any atom is 0.200 e. The van der Waals surface area contributed by atoms with Crippen LogP contribution >= 0.6 is 0 Å². The van der Waals surface area contributed by atoms with E-state index in [0.29, 0.717) is 26.2 Å². The summed E-state index contributed by atoms with van der Waals surface area (Å²) in [6, 6.07) is 0. The first-order valence-electron chi connectivity index (χ1n) is 7.12. The van der Waals surface area contributed by atoms with Gasteiger partial charge < -0.3 is 23.8 Å². The summed E-state index contributed by atoms with van der Waals surface area (Å²) in [6.45, 7) is 9.89. The fourth-order valence-corrected chi connectivity index (χ4v) is 2.54. The van der Waals surface area contributed by atoms with Crippen LogP contribution in [0.5, 0.6) is 0 Å². The van der Waals surface area contributed by atoms with Gasteiger partial charge in [0.15, 0.2) is 11.9 Å². The lowest BCUT2D eigenvalue weighted by Crippen LogP contribution is -2.42. The Hall–Kier alpha value is -0.690. The van der Waals surface area contributed by atoms with E-state index in [1.54, 1.807) is 0 Å². The van der Waals surface area contributed by atoms with Gasteiger partial charge in [-0.1, -0.05) is 19.0 Å². The van der Waals surface area contributed by atoms with Crippen LogP contribution in [-0.2, 0) is 23.8 Å². The molecule has 3 heterocycles. The van der Waals surface area contributed by atoms with Gasteiger partial charge in [-0.2, -0.15) is 0 Å². The highest BCUT2D eigenvalue weighted by Crippen LogP contribution is 2.31. The van der Waals surface area contributed by atoms with Crippen LogP contribution in [0.4, 0.5) is 0 Å².